The standard InChI is InChI=1S/C22H27O9P/c1-9(2)20-15(29-20)16-22(30-16)19(4)6-5-11-12(8-26-17(11)23)13(19)7-14-21(22,28-14)18(20)27-10(3)31-32(24)25/h9-10,13-16,18H,5-8H2,1-4H3/p+1/t10?,13-,14?,15-,16-,18+,19-,20-,21+,22+/m0/s1. The highest BCUT2D eigenvalue weighted by Crippen LogP contribution is 2.83. The van der Waals surface area contributed by atoms with Gasteiger partial charge in [-0.3, -0.25) is 0 Å². The molecule has 4 aliphatic heterocycles. The highest BCUT2D eigenvalue weighted by molar-refractivity contribution is 7.32. The van der Waals surface area contributed by atoms with E-state index >= 15 is 0 Å². The van der Waals surface area contributed by atoms with Gasteiger partial charge >= 0.3 is 14.2 Å². The lowest BCUT2D eigenvalue weighted by Gasteiger charge is -2.54. The molecule has 174 valence electrons. The van der Waals surface area contributed by atoms with Crippen LogP contribution < -0.4 is 0 Å². The summed E-state index contributed by atoms with van der Waals surface area (Å²) in [5.74, 6) is 0.107. The Hall–Kier alpha value is -0.930. The first kappa shape index (κ1) is 20.4. The average Bonchev–Trinajstić information content (AvgIpc) is 3.60. The van der Waals surface area contributed by atoms with Gasteiger partial charge in [0.05, 0.1) is 6.10 Å². The maximum atomic E-state index is 12.2. The number of ether oxygens (including phenoxy) is 5. The second-order valence-corrected chi connectivity index (χ2v) is 11.6. The Kier molecular flexibility index (Phi) is 3.72. The van der Waals surface area contributed by atoms with Gasteiger partial charge in [-0.2, -0.15) is 0 Å². The maximum absolute atomic E-state index is 12.2. The fraction of sp³-hybridized carbons (Fsp3) is 0.864. The summed E-state index contributed by atoms with van der Waals surface area (Å²) in [4.78, 5) is 21.5. The van der Waals surface area contributed by atoms with E-state index in [1.807, 2.05) is 0 Å². The molecule has 5 fully saturated rings. The monoisotopic (exact) mass is 467 g/mol. The van der Waals surface area contributed by atoms with Crippen molar-refractivity contribution < 1.29 is 42.5 Å². The SMILES string of the molecule is CC(O[C@@H]1[C@@]2(C(C)C)O[C@H]2[C@@H]2O[C@@]23[C@@]2(C)CCC4=C(COC4=O)[C@@H]2CC2O[C@]213)O[P+](=O)O. The van der Waals surface area contributed by atoms with Crippen LogP contribution in [-0.4, -0.2) is 65.0 Å². The van der Waals surface area contributed by atoms with E-state index in [9.17, 15) is 14.3 Å². The van der Waals surface area contributed by atoms with Crippen LogP contribution in [0.4, 0.5) is 0 Å². The Morgan fingerprint density at radius 2 is 1.97 bits per heavy atom. The van der Waals surface area contributed by atoms with Crippen LogP contribution in [0.1, 0.15) is 47.0 Å². The second-order valence-electron chi connectivity index (χ2n) is 10.9. The molecule has 9 nitrogen and oxygen atoms in total. The van der Waals surface area contributed by atoms with E-state index in [2.05, 4.69) is 20.8 Å². The van der Waals surface area contributed by atoms with Crippen molar-refractivity contribution in [1.82, 2.24) is 0 Å². The van der Waals surface area contributed by atoms with Gasteiger partial charge in [0.2, 0.25) is 6.29 Å². The molecular weight excluding hydrogens is 439 g/mol. The number of carbonyl (C=O) groups excluding carboxylic acids is 1. The van der Waals surface area contributed by atoms with Gasteiger partial charge in [-0.1, -0.05) is 25.3 Å². The van der Waals surface area contributed by atoms with Gasteiger partial charge in [0, 0.05) is 15.6 Å². The van der Waals surface area contributed by atoms with E-state index < -0.39 is 37.5 Å². The number of cyclic esters (lactones) is 1. The summed E-state index contributed by atoms with van der Waals surface area (Å²) in [5.41, 5.74) is -0.150. The van der Waals surface area contributed by atoms with E-state index in [0.717, 1.165) is 24.0 Å². The summed E-state index contributed by atoms with van der Waals surface area (Å²) in [5, 5.41) is 0. The molecule has 1 N–H and O–H groups in total. The van der Waals surface area contributed by atoms with Crippen LogP contribution in [0.2, 0.25) is 0 Å². The van der Waals surface area contributed by atoms with Gasteiger partial charge in [0.1, 0.15) is 36.1 Å². The van der Waals surface area contributed by atoms with E-state index in [1.54, 1.807) is 6.92 Å². The van der Waals surface area contributed by atoms with Gasteiger partial charge in [-0.15, -0.1) is 4.89 Å². The van der Waals surface area contributed by atoms with Gasteiger partial charge in [0.25, 0.3) is 0 Å². The third-order valence-electron chi connectivity index (χ3n) is 9.63. The quantitative estimate of drug-likeness (QED) is 0.281. The summed E-state index contributed by atoms with van der Waals surface area (Å²) in [6.45, 7) is 8.45. The molecule has 4 heterocycles. The molecule has 3 saturated heterocycles. The molecule has 2 spiro atoms. The Labute approximate surface area is 186 Å². The van der Waals surface area contributed by atoms with Crippen molar-refractivity contribution in [2.45, 2.75) is 94.5 Å². The Balaban J connectivity index is 1.32. The largest absolute Gasteiger partial charge is 0.697 e. The first-order valence-corrected chi connectivity index (χ1v) is 12.7. The Morgan fingerprint density at radius 1 is 1.19 bits per heavy atom. The molecule has 0 aromatic rings. The molecule has 11 atom stereocenters. The molecule has 0 amide bonds. The highest BCUT2D eigenvalue weighted by atomic mass is 31.1. The van der Waals surface area contributed by atoms with E-state index in [1.165, 1.54) is 0 Å². The van der Waals surface area contributed by atoms with Crippen LogP contribution in [0.15, 0.2) is 11.1 Å². The minimum Gasteiger partial charge on any atom is -0.458 e. The van der Waals surface area contributed by atoms with E-state index in [4.69, 9.17) is 28.2 Å². The van der Waals surface area contributed by atoms with Crippen LogP contribution in [-0.2, 0) is 37.6 Å². The third kappa shape index (κ3) is 2.00. The molecule has 2 saturated carbocycles. The van der Waals surface area contributed by atoms with Crippen molar-refractivity contribution in [3.05, 3.63) is 11.1 Å². The normalized spacial score (nSPS) is 55.0. The molecule has 0 aromatic heterocycles. The predicted molar refractivity (Wildman–Crippen MR) is 106 cm³/mol. The fourth-order valence-corrected chi connectivity index (χ4v) is 8.52. The van der Waals surface area contributed by atoms with Crippen LogP contribution in [0, 0.1) is 17.3 Å². The van der Waals surface area contributed by atoms with E-state index in [0.29, 0.717) is 13.0 Å². The first-order chi connectivity index (χ1) is 15.1. The number of carbonyl (C=O) groups is 1. The zero-order valence-electron chi connectivity index (χ0n) is 18.5. The Bertz CT molecular complexity index is 996. The predicted octanol–water partition coefficient (Wildman–Crippen LogP) is 2.14. The minimum absolute atomic E-state index is 0.0894. The molecule has 0 aromatic carbocycles. The van der Waals surface area contributed by atoms with Crippen LogP contribution in [0.25, 0.3) is 0 Å². The van der Waals surface area contributed by atoms with Crippen LogP contribution in [0.3, 0.4) is 0 Å². The van der Waals surface area contributed by atoms with Crippen molar-refractivity contribution in [1.29, 1.82) is 0 Å². The van der Waals surface area contributed by atoms with Crippen LogP contribution in [0.5, 0.6) is 0 Å². The summed E-state index contributed by atoms with van der Waals surface area (Å²) in [6.07, 6.45) is 0.564. The molecule has 3 aliphatic carbocycles. The van der Waals surface area contributed by atoms with Crippen molar-refractivity contribution >= 4 is 14.2 Å². The van der Waals surface area contributed by atoms with Gasteiger partial charge < -0.3 is 23.7 Å². The molecule has 32 heavy (non-hydrogen) atoms. The molecule has 3 unspecified atom stereocenters. The van der Waals surface area contributed by atoms with Crippen molar-refractivity contribution in [3.8, 4) is 0 Å². The molecule has 7 aliphatic rings. The number of epoxide rings is 3. The fourth-order valence-electron chi connectivity index (χ4n) is 8.21. The third-order valence-corrected chi connectivity index (χ3v) is 10.1. The lowest BCUT2D eigenvalue weighted by Crippen LogP contribution is -2.70. The molecule has 0 bridgehead atoms. The molecule has 7 rings (SSSR count). The van der Waals surface area contributed by atoms with Gasteiger partial charge in [0.15, 0.2) is 5.60 Å². The molecular formula is C22H28O9P+. The smallest absolute Gasteiger partial charge is 0.458 e. The first-order valence-electron chi connectivity index (χ1n) is 11.5. The summed E-state index contributed by atoms with van der Waals surface area (Å²) >= 11 is 0. The van der Waals surface area contributed by atoms with Crippen molar-refractivity contribution in [2.24, 2.45) is 17.3 Å². The van der Waals surface area contributed by atoms with Gasteiger partial charge in [-0.05, 0) is 43.6 Å². The number of hydrogen-bond acceptors (Lipinski definition) is 8. The molecule has 0 radical (unpaired) electrons. The number of esters is 1. The number of fused-ring (bicyclic) bond motifs is 4. The zero-order valence-corrected chi connectivity index (χ0v) is 19.4. The lowest BCUT2D eigenvalue weighted by atomic mass is 9.46. The number of rotatable bonds is 5. The van der Waals surface area contributed by atoms with Gasteiger partial charge in [-0.25, -0.2) is 4.79 Å². The lowest BCUT2D eigenvalue weighted by molar-refractivity contribution is -0.187. The highest BCUT2D eigenvalue weighted by Gasteiger charge is 3.00. The van der Waals surface area contributed by atoms with Crippen molar-refractivity contribution in [3.63, 3.8) is 0 Å². The van der Waals surface area contributed by atoms with E-state index in [-0.39, 0.29) is 41.5 Å². The topological polar surface area (TPSA) is 120 Å². The second kappa shape index (κ2) is 5.82. The summed E-state index contributed by atoms with van der Waals surface area (Å²) < 4.78 is 47.7. The number of hydrogen-bond donors (Lipinski definition) is 1. The average molecular weight is 467 g/mol. The maximum Gasteiger partial charge on any atom is 0.697 e. The van der Waals surface area contributed by atoms with Crippen molar-refractivity contribution in [2.75, 3.05) is 6.61 Å². The molecule has 10 heteroatoms. The minimum atomic E-state index is -2.80. The Morgan fingerprint density at radius 3 is 2.69 bits per heavy atom. The summed E-state index contributed by atoms with van der Waals surface area (Å²) in [6, 6.07) is 0. The van der Waals surface area contributed by atoms with Crippen LogP contribution >= 0.6 is 8.25 Å². The zero-order chi connectivity index (χ0) is 22.4. The summed E-state index contributed by atoms with van der Waals surface area (Å²) in [7, 11) is -2.80.